The summed E-state index contributed by atoms with van der Waals surface area (Å²) >= 11 is 1.91. The van der Waals surface area contributed by atoms with Gasteiger partial charge in [-0.05, 0) is 42.9 Å². The Morgan fingerprint density at radius 2 is 2.00 bits per heavy atom. The molecule has 8 heteroatoms. The monoisotopic (exact) mass is 464 g/mol. The summed E-state index contributed by atoms with van der Waals surface area (Å²) in [6.45, 7) is 1.05. The molecule has 3 fully saturated rings. The summed E-state index contributed by atoms with van der Waals surface area (Å²) in [5, 5.41) is 0. The van der Waals surface area contributed by atoms with E-state index in [0.717, 1.165) is 47.8 Å². The quantitative estimate of drug-likeness (QED) is 0.291. The number of hydrogen-bond acceptors (Lipinski definition) is 7. The molecule has 178 valence electrons. The molecule has 2 atom stereocenters. The Balaban J connectivity index is 1.45. The van der Waals surface area contributed by atoms with Crippen LogP contribution >= 0.6 is 11.8 Å². The van der Waals surface area contributed by atoms with E-state index in [1.807, 2.05) is 23.9 Å². The van der Waals surface area contributed by atoms with E-state index in [4.69, 9.17) is 18.9 Å². The number of carbonyl (C=O) groups is 1. The van der Waals surface area contributed by atoms with Crippen LogP contribution < -0.4 is 4.74 Å². The summed E-state index contributed by atoms with van der Waals surface area (Å²) in [4.78, 5) is 19.6. The first-order valence-corrected chi connectivity index (χ1v) is 12.9. The molecule has 1 aromatic rings. The topological polar surface area (TPSA) is 70.1 Å². The van der Waals surface area contributed by atoms with E-state index < -0.39 is 5.60 Å². The van der Waals surface area contributed by atoms with Gasteiger partial charge in [0.05, 0.1) is 12.6 Å². The van der Waals surface area contributed by atoms with Gasteiger partial charge in [-0.2, -0.15) is 11.8 Å². The number of thioether (sulfide) groups is 1. The molecule has 0 N–H and O–H groups in total. The lowest BCUT2D eigenvalue weighted by Gasteiger charge is -2.54. The standard InChI is InChI=1S/C24H36N2O5S/c1-28-16-26-22(15-32-14-19-4-3-5-19)24(23(26)27,31-17-29-2)13-20-12-21(8-10-25-20)30-11-9-18-6-7-18/h8,10,12,18-19,22H,3-7,9,11,13-17H2,1-2H3/t22-,24+/m0/s1. The minimum absolute atomic E-state index is 0.0625. The van der Waals surface area contributed by atoms with Crippen LogP contribution in [0.1, 0.15) is 44.2 Å². The predicted octanol–water partition coefficient (Wildman–Crippen LogP) is 3.51. The Bertz CT molecular complexity index is 758. The van der Waals surface area contributed by atoms with Crippen LogP contribution in [-0.2, 0) is 25.4 Å². The lowest BCUT2D eigenvalue weighted by atomic mass is 9.79. The molecule has 0 bridgehead atoms. The van der Waals surface area contributed by atoms with Crippen molar-refractivity contribution >= 4 is 17.7 Å². The average molecular weight is 465 g/mol. The van der Waals surface area contributed by atoms with Gasteiger partial charge in [-0.3, -0.25) is 9.78 Å². The van der Waals surface area contributed by atoms with Gasteiger partial charge in [0.2, 0.25) is 0 Å². The summed E-state index contributed by atoms with van der Waals surface area (Å²) in [6.07, 6.45) is 9.88. The molecule has 32 heavy (non-hydrogen) atoms. The normalized spacial score (nSPS) is 25.5. The zero-order valence-electron chi connectivity index (χ0n) is 19.3. The molecule has 2 aliphatic carbocycles. The average Bonchev–Trinajstić information content (AvgIpc) is 3.59. The third-order valence-corrected chi connectivity index (χ3v) is 8.08. The largest absolute Gasteiger partial charge is 0.493 e. The highest BCUT2D eigenvalue weighted by atomic mass is 32.2. The van der Waals surface area contributed by atoms with Gasteiger partial charge in [0, 0.05) is 44.4 Å². The number of ether oxygens (including phenoxy) is 4. The van der Waals surface area contributed by atoms with Gasteiger partial charge in [-0.25, -0.2) is 0 Å². The maximum Gasteiger partial charge on any atom is 0.259 e. The zero-order chi connectivity index (χ0) is 22.4. The fourth-order valence-corrected chi connectivity index (χ4v) is 5.93. The number of aromatic nitrogens is 1. The molecular weight excluding hydrogens is 428 g/mol. The van der Waals surface area contributed by atoms with Crippen LogP contribution in [0.15, 0.2) is 18.3 Å². The fraction of sp³-hybridized carbons (Fsp3) is 0.750. The van der Waals surface area contributed by atoms with E-state index in [-0.39, 0.29) is 25.5 Å². The van der Waals surface area contributed by atoms with Crippen LogP contribution in [0.4, 0.5) is 0 Å². The van der Waals surface area contributed by atoms with Crippen molar-refractivity contribution in [3.05, 3.63) is 24.0 Å². The van der Waals surface area contributed by atoms with Gasteiger partial charge in [0.25, 0.3) is 5.91 Å². The first-order chi connectivity index (χ1) is 15.7. The molecule has 0 spiro atoms. The number of hydrogen-bond donors (Lipinski definition) is 0. The van der Waals surface area contributed by atoms with Gasteiger partial charge in [0.15, 0.2) is 5.60 Å². The smallest absolute Gasteiger partial charge is 0.259 e. The molecule has 1 amide bonds. The molecule has 2 saturated carbocycles. The van der Waals surface area contributed by atoms with Gasteiger partial charge >= 0.3 is 0 Å². The van der Waals surface area contributed by atoms with E-state index in [9.17, 15) is 4.79 Å². The Kier molecular flexibility index (Phi) is 8.32. The first-order valence-electron chi connectivity index (χ1n) is 11.7. The number of likely N-dealkylation sites (tertiary alicyclic amines) is 1. The van der Waals surface area contributed by atoms with Crippen LogP contribution in [0.3, 0.4) is 0 Å². The van der Waals surface area contributed by atoms with Crippen LogP contribution in [0.25, 0.3) is 0 Å². The molecule has 0 radical (unpaired) electrons. The molecule has 1 aliphatic heterocycles. The molecule has 0 aromatic carbocycles. The first kappa shape index (κ1) is 23.8. The molecule has 1 saturated heterocycles. The maximum absolute atomic E-state index is 13.3. The summed E-state index contributed by atoms with van der Waals surface area (Å²) in [7, 11) is 3.20. The minimum Gasteiger partial charge on any atom is -0.493 e. The van der Waals surface area contributed by atoms with Crippen LogP contribution in [-0.4, -0.2) is 73.3 Å². The fourth-order valence-electron chi connectivity index (χ4n) is 4.46. The summed E-state index contributed by atoms with van der Waals surface area (Å²) in [5.41, 5.74) is -0.190. The van der Waals surface area contributed by atoms with E-state index in [2.05, 4.69) is 4.98 Å². The Hall–Kier alpha value is -1.35. The Morgan fingerprint density at radius 1 is 1.16 bits per heavy atom. The van der Waals surface area contributed by atoms with Crippen LogP contribution in [0.2, 0.25) is 0 Å². The maximum atomic E-state index is 13.3. The highest BCUT2D eigenvalue weighted by molar-refractivity contribution is 7.99. The lowest BCUT2D eigenvalue weighted by molar-refractivity contribution is -0.229. The van der Waals surface area contributed by atoms with Gasteiger partial charge < -0.3 is 23.8 Å². The highest BCUT2D eigenvalue weighted by Gasteiger charge is 2.62. The van der Waals surface area contributed by atoms with Gasteiger partial charge in [0.1, 0.15) is 19.3 Å². The molecule has 3 aliphatic rings. The third-order valence-electron chi connectivity index (χ3n) is 6.82. The summed E-state index contributed by atoms with van der Waals surface area (Å²) in [6, 6.07) is 3.73. The second-order valence-electron chi connectivity index (χ2n) is 9.22. The third kappa shape index (κ3) is 5.58. The number of rotatable bonds is 15. The van der Waals surface area contributed by atoms with E-state index in [1.54, 1.807) is 25.3 Å². The second-order valence-corrected chi connectivity index (χ2v) is 10.3. The molecule has 4 rings (SSSR count). The lowest BCUT2D eigenvalue weighted by Crippen LogP contribution is -2.77. The number of carbonyl (C=O) groups excluding carboxylic acids is 1. The van der Waals surface area contributed by atoms with Crippen molar-refractivity contribution in [3.63, 3.8) is 0 Å². The van der Waals surface area contributed by atoms with Crippen molar-refractivity contribution in [1.82, 2.24) is 9.88 Å². The molecular formula is C24H36N2O5S. The van der Waals surface area contributed by atoms with Crippen LogP contribution in [0, 0.1) is 11.8 Å². The van der Waals surface area contributed by atoms with Gasteiger partial charge in [-0.1, -0.05) is 19.3 Å². The molecule has 1 aromatic heterocycles. The summed E-state index contributed by atoms with van der Waals surface area (Å²) in [5.74, 6) is 4.33. The summed E-state index contributed by atoms with van der Waals surface area (Å²) < 4.78 is 22.6. The van der Waals surface area contributed by atoms with Gasteiger partial charge in [-0.15, -0.1) is 0 Å². The van der Waals surface area contributed by atoms with Crippen molar-refractivity contribution in [2.45, 2.75) is 56.6 Å². The molecule has 2 heterocycles. The van der Waals surface area contributed by atoms with Crippen molar-refractivity contribution in [1.29, 1.82) is 0 Å². The molecule has 0 unspecified atom stereocenters. The van der Waals surface area contributed by atoms with E-state index in [1.165, 1.54) is 32.1 Å². The highest BCUT2D eigenvalue weighted by Crippen LogP contribution is 2.40. The second kappa shape index (κ2) is 11.2. The Labute approximate surface area is 195 Å². The number of methoxy groups -OCH3 is 2. The van der Waals surface area contributed by atoms with Crippen molar-refractivity contribution in [2.24, 2.45) is 11.8 Å². The van der Waals surface area contributed by atoms with E-state index in [0.29, 0.717) is 6.42 Å². The number of amides is 1. The van der Waals surface area contributed by atoms with E-state index >= 15 is 0 Å². The van der Waals surface area contributed by atoms with Crippen LogP contribution in [0.5, 0.6) is 5.75 Å². The van der Waals surface area contributed by atoms with Crippen molar-refractivity contribution in [2.75, 3.05) is 45.9 Å². The Morgan fingerprint density at radius 3 is 2.69 bits per heavy atom. The van der Waals surface area contributed by atoms with Crippen molar-refractivity contribution < 1.29 is 23.7 Å². The predicted molar refractivity (Wildman–Crippen MR) is 124 cm³/mol. The number of pyridine rings is 1. The minimum atomic E-state index is -0.985. The number of nitrogens with zero attached hydrogens (tertiary/aromatic N) is 2. The molecule has 7 nitrogen and oxygen atoms in total. The zero-order valence-corrected chi connectivity index (χ0v) is 20.1. The number of β-lactam (4-membered cyclic amide) rings is 1. The van der Waals surface area contributed by atoms with Crippen molar-refractivity contribution in [3.8, 4) is 5.75 Å². The SMILES string of the molecule is COCO[C@@]1(Cc2cc(OCCC3CC3)ccn2)C(=O)N(COC)[C@H]1CSCC1CCC1.